The van der Waals surface area contributed by atoms with Crippen LogP contribution < -0.4 is 21.3 Å². The molecule has 5 atom stereocenters. The van der Waals surface area contributed by atoms with Crippen LogP contribution in [-0.2, 0) is 24.0 Å². The lowest BCUT2D eigenvalue weighted by Crippen LogP contribution is -2.59. The first kappa shape index (κ1) is 28.3. The number of amides is 4. The van der Waals surface area contributed by atoms with E-state index in [1.807, 2.05) is 6.92 Å². The Morgan fingerprint density at radius 2 is 1.35 bits per heavy atom. The zero-order chi connectivity index (χ0) is 24.3. The monoisotopic (exact) mass is 444 g/mol. The highest BCUT2D eigenvalue weighted by molar-refractivity contribution is 5.94. The van der Waals surface area contributed by atoms with Crippen molar-refractivity contribution in [2.75, 3.05) is 6.54 Å². The summed E-state index contributed by atoms with van der Waals surface area (Å²) in [5.41, 5.74) is 0. The van der Waals surface area contributed by atoms with Gasteiger partial charge in [-0.1, -0.05) is 34.1 Å². The molecule has 0 bridgehead atoms. The summed E-state index contributed by atoms with van der Waals surface area (Å²) in [5, 5.41) is 27.9. The third-order valence-corrected chi connectivity index (χ3v) is 4.71. The number of hydrogen-bond acceptors (Lipinski definition) is 6. The van der Waals surface area contributed by atoms with Crippen LogP contribution in [0.15, 0.2) is 0 Å². The lowest BCUT2D eigenvalue weighted by atomic mass is 9.96. The van der Waals surface area contributed by atoms with Crippen molar-refractivity contribution in [2.45, 2.75) is 78.6 Å². The summed E-state index contributed by atoms with van der Waals surface area (Å²) in [6.07, 6.45) is -0.459. The third kappa shape index (κ3) is 10.8. The van der Waals surface area contributed by atoms with E-state index in [-0.39, 0.29) is 18.3 Å². The van der Waals surface area contributed by atoms with Crippen molar-refractivity contribution in [3.8, 4) is 0 Å². The SMILES string of the molecule is CCC(C)C(NC(=O)C(NC(=O)C(C)NC(=O)CC(C)O)C(C)C)C(=O)NCC(=O)O. The van der Waals surface area contributed by atoms with Crippen molar-refractivity contribution in [3.05, 3.63) is 0 Å². The van der Waals surface area contributed by atoms with E-state index >= 15 is 0 Å². The van der Waals surface area contributed by atoms with Gasteiger partial charge in [-0.05, 0) is 25.7 Å². The van der Waals surface area contributed by atoms with E-state index in [1.54, 1.807) is 20.8 Å². The highest BCUT2D eigenvalue weighted by atomic mass is 16.4. The average Bonchev–Trinajstić information content (AvgIpc) is 2.66. The molecule has 178 valence electrons. The maximum absolute atomic E-state index is 12.8. The Morgan fingerprint density at radius 1 is 0.806 bits per heavy atom. The van der Waals surface area contributed by atoms with Crippen LogP contribution in [-0.4, -0.2) is 70.6 Å². The predicted molar refractivity (Wildman–Crippen MR) is 113 cm³/mol. The van der Waals surface area contributed by atoms with Crippen LogP contribution in [0.1, 0.15) is 54.4 Å². The Hall–Kier alpha value is -2.69. The number of aliphatic carboxylic acids is 1. The van der Waals surface area contributed by atoms with E-state index in [4.69, 9.17) is 5.11 Å². The molecule has 11 heteroatoms. The molecule has 5 unspecified atom stereocenters. The molecule has 0 aliphatic carbocycles. The molecule has 0 spiro atoms. The Kier molecular flexibility index (Phi) is 12.4. The topological polar surface area (TPSA) is 174 Å². The van der Waals surface area contributed by atoms with Gasteiger partial charge in [-0.25, -0.2) is 0 Å². The van der Waals surface area contributed by atoms with Crippen molar-refractivity contribution in [1.29, 1.82) is 0 Å². The van der Waals surface area contributed by atoms with Gasteiger partial charge in [0.25, 0.3) is 0 Å². The highest BCUT2D eigenvalue weighted by Crippen LogP contribution is 2.10. The van der Waals surface area contributed by atoms with Crippen LogP contribution >= 0.6 is 0 Å². The van der Waals surface area contributed by atoms with Crippen LogP contribution in [0.4, 0.5) is 0 Å². The van der Waals surface area contributed by atoms with Crippen LogP contribution in [0.5, 0.6) is 0 Å². The van der Waals surface area contributed by atoms with Crippen molar-refractivity contribution < 1.29 is 34.2 Å². The number of carboxylic acid groups (broad SMARTS) is 1. The normalized spacial score (nSPS) is 15.7. The molecule has 0 aromatic carbocycles. The molecule has 0 fully saturated rings. The first-order chi connectivity index (χ1) is 14.3. The molecule has 0 saturated carbocycles. The van der Waals surface area contributed by atoms with E-state index in [0.29, 0.717) is 6.42 Å². The molecule has 0 radical (unpaired) electrons. The molecule has 0 aromatic heterocycles. The first-order valence-electron chi connectivity index (χ1n) is 10.4. The zero-order valence-electron chi connectivity index (χ0n) is 19.0. The van der Waals surface area contributed by atoms with Gasteiger partial charge in [-0.2, -0.15) is 0 Å². The molecule has 0 aliphatic rings. The summed E-state index contributed by atoms with van der Waals surface area (Å²) in [7, 11) is 0. The molecular formula is C20H36N4O7. The summed E-state index contributed by atoms with van der Waals surface area (Å²) < 4.78 is 0. The highest BCUT2D eigenvalue weighted by Gasteiger charge is 2.32. The van der Waals surface area contributed by atoms with Crippen LogP contribution in [0.2, 0.25) is 0 Å². The number of rotatable bonds is 13. The molecule has 4 amide bonds. The van der Waals surface area contributed by atoms with Gasteiger partial charge in [-0.15, -0.1) is 0 Å². The Morgan fingerprint density at radius 3 is 1.81 bits per heavy atom. The fourth-order valence-electron chi connectivity index (χ4n) is 2.67. The standard InChI is InChI=1S/C20H36N4O7/c1-7-11(4)17(19(30)21-9-15(27)28)24-20(31)16(10(2)3)23-18(29)13(6)22-14(26)8-12(5)25/h10-13,16-17,25H,7-9H2,1-6H3,(H,21,30)(H,22,26)(H,23,29)(H,24,31)(H,27,28). The third-order valence-electron chi connectivity index (χ3n) is 4.71. The molecule has 0 aliphatic heterocycles. The number of aliphatic hydroxyl groups is 1. The van der Waals surface area contributed by atoms with E-state index in [2.05, 4.69) is 21.3 Å². The van der Waals surface area contributed by atoms with Gasteiger partial charge in [0.1, 0.15) is 24.7 Å². The fourth-order valence-corrected chi connectivity index (χ4v) is 2.67. The average molecular weight is 445 g/mol. The van der Waals surface area contributed by atoms with Gasteiger partial charge in [0.05, 0.1) is 12.5 Å². The number of nitrogens with one attached hydrogen (secondary N) is 4. The lowest BCUT2D eigenvalue weighted by Gasteiger charge is -2.28. The molecular weight excluding hydrogens is 408 g/mol. The number of carboxylic acids is 1. The van der Waals surface area contributed by atoms with Crippen molar-refractivity contribution in [3.63, 3.8) is 0 Å². The van der Waals surface area contributed by atoms with Gasteiger partial charge in [0.15, 0.2) is 0 Å². The van der Waals surface area contributed by atoms with E-state index in [1.165, 1.54) is 13.8 Å². The van der Waals surface area contributed by atoms with Crippen molar-refractivity contribution in [2.24, 2.45) is 11.8 Å². The summed E-state index contributed by atoms with van der Waals surface area (Å²) >= 11 is 0. The van der Waals surface area contributed by atoms with Gasteiger partial charge in [0, 0.05) is 0 Å². The second kappa shape index (κ2) is 13.6. The number of carbonyl (C=O) groups excluding carboxylic acids is 4. The van der Waals surface area contributed by atoms with E-state index < -0.39 is 60.4 Å². The summed E-state index contributed by atoms with van der Waals surface area (Å²) in [6.45, 7) is 9.32. The largest absolute Gasteiger partial charge is 0.480 e. The fraction of sp³-hybridized carbons (Fsp3) is 0.750. The molecule has 6 N–H and O–H groups in total. The summed E-state index contributed by atoms with van der Waals surface area (Å²) in [4.78, 5) is 60.1. The molecule has 0 saturated heterocycles. The first-order valence-corrected chi connectivity index (χ1v) is 10.4. The molecule has 0 aromatic rings. The van der Waals surface area contributed by atoms with Crippen LogP contribution in [0.3, 0.4) is 0 Å². The quantitative estimate of drug-likeness (QED) is 0.214. The molecule has 0 rings (SSSR count). The summed E-state index contributed by atoms with van der Waals surface area (Å²) in [5.74, 6) is -4.14. The number of carbonyl (C=O) groups is 5. The maximum Gasteiger partial charge on any atom is 0.322 e. The lowest BCUT2D eigenvalue weighted by molar-refractivity contribution is -0.139. The summed E-state index contributed by atoms with van der Waals surface area (Å²) in [6, 6.07) is -2.90. The molecule has 11 nitrogen and oxygen atoms in total. The second-order valence-electron chi connectivity index (χ2n) is 8.06. The van der Waals surface area contributed by atoms with E-state index in [0.717, 1.165) is 0 Å². The Bertz CT molecular complexity index is 651. The molecule has 31 heavy (non-hydrogen) atoms. The minimum absolute atomic E-state index is 0.159. The molecule has 0 heterocycles. The predicted octanol–water partition coefficient (Wildman–Crippen LogP) is -0.865. The maximum atomic E-state index is 12.8. The Labute approximate surface area is 182 Å². The van der Waals surface area contributed by atoms with Crippen LogP contribution in [0, 0.1) is 11.8 Å². The van der Waals surface area contributed by atoms with Crippen LogP contribution in [0.25, 0.3) is 0 Å². The zero-order valence-corrected chi connectivity index (χ0v) is 19.0. The Balaban J connectivity index is 5.21. The van der Waals surface area contributed by atoms with Crippen molar-refractivity contribution >= 4 is 29.6 Å². The minimum Gasteiger partial charge on any atom is -0.480 e. The number of hydrogen-bond donors (Lipinski definition) is 6. The van der Waals surface area contributed by atoms with Gasteiger partial charge >= 0.3 is 5.97 Å². The number of aliphatic hydroxyl groups excluding tert-OH is 1. The van der Waals surface area contributed by atoms with Gasteiger partial charge in [-0.3, -0.25) is 24.0 Å². The van der Waals surface area contributed by atoms with E-state index in [9.17, 15) is 29.1 Å². The smallest absolute Gasteiger partial charge is 0.322 e. The minimum atomic E-state index is -1.21. The van der Waals surface area contributed by atoms with Gasteiger partial charge in [0.2, 0.25) is 23.6 Å². The van der Waals surface area contributed by atoms with Gasteiger partial charge < -0.3 is 31.5 Å². The van der Waals surface area contributed by atoms with Crippen molar-refractivity contribution in [1.82, 2.24) is 21.3 Å². The second-order valence-corrected chi connectivity index (χ2v) is 8.06.